The Hall–Kier alpha value is -2.22. The van der Waals surface area contributed by atoms with Crippen molar-refractivity contribution in [2.24, 2.45) is 0 Å². The second kappa shape index (κ2) is 3.98. The molecule has 0 aliphatic carbocycles. The van der Waals surface area contributed by atoms with Crippen molar-refractivity contribution in [3.8, 4) is 16.9 Å². The molecule has 2 heteroatoms. The lowest BCUT2D eigenvalue weighted by atomic mass is 10.0. The van der Waals surface area contributed by atoms with Crippen molar-refractivity contribution in [1.82, 2.24) is 4.98 Å². The van der Waals surface area contributed by atoms with E-state index >= 15 is 0 Å². The van der Waals surface area contributed by atoms with Crippen molar-refractivity contribution < 1.29 is 4.74 Å². The summed E-state index contributed by atoms with van der Waals surface area (Å²) in [6.07, 6.45) is 1.95. The van der Waals surface area contributed by atoms with E-state index in [1.165, 1.54) is 10.9 Å². The molecule has 3 aromatic rings. The van der Waals surface area contributed by atoms with E-state index in [1.807, 2.05) is 36.5 Å². The van der Waals surface area contributed by atoms with Crippen molar-refractivity contribution in [3.63, 3.8) is 0 Å². The van der Waals surface area contributed by atoms with Gasteiger partial charge in [0.05, 0.1) is 7.11 Å². The monoisotopic (exact) mass is 223 g/mol. The minimum Gasteiger partial charge on any atom is -0.496 e. The van der Waals surface area contributed by atoms with Gasteiger partial charge in [0.2, 0.25) is 0 Å². The minimum atomic E-state index is 0.906. The summed E-state index contributed by atoms with van der Waals surface area (Å²) in [6, 6.07) is 16.4. The first-order chi connectivity index (χ1) is 8.40. The molecule has 84 valence electrons. The highest BCUT2D eigenvalue weighted by Gasteiger charge is 2.10. The molecule has 1 N–H and O–H groups in total. The van der Waals surface area contributed by atoms with Crippen molar-refractivity contribution in [2.45, 2.75) is 0 Å². The Labute approximate surface area is 99.9 Å². The molecule has 0 saturated heterocycles. The van der Waals surface area contributed by atoms with Gasteiger partial charge < -0.3 is 9.72 Å². The van der Waals surface area contributed by atoms with Crippen LogP contribution in [0.25, 0.3) is 22.0 Å². The lowest BCUT2D eigenvalue weighted by molar-refractivity contribution is 0.417. The minimum absolute atomic E-state index is 0.906. The number of benzene rings is 2. The summed E-state index contributed by atoms with van der Waals surface area (Å²) in [6.45, 7) is 0. The highest BCUT2D eigenvalue weighted by Crippen LogP contribution is 2.36. The average Bonchev–Trinajstić information content (AvgIpc) is 2.86. The van der Waals surface area contributed by atoms with Crippen LogP contribution in [0.3, 0.4) is 0 Å². The maximum atomic E-state index is 5.46. The first-order valence-electron chi connectivity index (χ1n) is 5.59. The molecule has 3 rings (SSSR count). The number of fused-ring (bicyclic) bond motifs is 1. The largest absolute Gasteiger partial charge is 0.496 e. The molecule has 1 heterocycles. The summed E-state index contributed by atoms with van der Waals surface area (Å²) in [7, 11) is 1.71. The molecular weight excluding hydrogens is 210 g/mol. The number of hydrogen-bond acceptors (Lipinski definition) is 1. The summed E-state index contributed by atoms with van der Waals surface area (Å²) in [5, 5.41) is 1.19. The Kier molecular flexibility index (Phi) is 2.33. The van der Waals surface area contributed by atoms with Gasteiger partial charge in [-0.15, -0.1) is 0 Å². The van der Waals surface area contributed by atoms with E-state index in [2.05, 4.69) is 23.2 Å². The number of aromatic amines is 1. The van der Waals surface area contributed by atoms with Gasteiger partial charge in [0.15, 0.2) is 0 Å². The normalized spacial score (nSPS) is 10.6. The highest BCUT2D eigenvalue weighted by atomic mass is 16.5. The van der Waals surface area contributed by atoms with E-state index < -0.39 is 0 Å². The summed E-state index contributed by atoms with van der Waals surface area (Å²) in [4.78, 5) is 3.23. The summed E-state index contributed by atoms with van der Waals surface area (Å²) >= 11 is 0. The molecular formula is C15H13NO. The van der Waals surface area contributed by atoms with Gasteiger partial charge in [-0.1, -0.05) is 30.3 Å². The standard InChI is InChI=1S/C15H13NO/c1-17-14-8-7-13-12(9-10-16-13)15(14)11-5-3-2-4-6-11/h2-10,16H,1H3. The first-order valence-corrected chi connectivity index (χ1v) is 5.59. The van der Waals surface area contributed by atoms with Gasteiger partial charge in [0, 0.05) is 22.7 Å². The van der Waals surface area contributed by atoms with Gasteiger partial charge in [0.25, 0.3) is 0 Å². The summed E-state index contributed by atoms with van der Waals surface area (Å²) in [5.74, 6) is 0.906. The third-order valence-electron chi connectivity index (χ3n) is 2.98. The highest BCUT2D eigenvalue weighted by molar-refractivity contribution is 5.98. The van der Waals surface area contributed by atoms with Crippen LogP contribution in [-0.2, 0) is 0 Å². The molecule has 0 atom stereocenters. The van der Waals surface area contributed by atoms with Crippen molar-refractivity contribution in [3.05, 3.63) is 54.7 Å². The van der Waals surface area contributed by atoms with Gasteiger partial charge in [-0.25, -0.2) is 0 Å². The first kappa shape index (κ1) is 9.97. The Morgan fingerprint density at radius 2 is 1.76 bits per heavy atom. The Morgan fingerprint density at radius 3 is 2.53 bits per heavy atom. The van der Waals surface area contributed by atoms with Gasteiger partial charge >= 0.3 is 0 Å². The molecule has 0 aliphatic heterocycles. The number of H-pyrrole nitrogens is 1. The average molecular weight is 223 g/mol. The molecule has 0 unspecified atom stereocenters. The number of methoxy groups -OCH3 is 1. The molecule has 0 radical (unpaired) electrons. The SMILES string of the molecule is COc1ccc2[nH]ccc2c1-c1ccccc1. The maximum Gasteiger partial charge on any atom is 0.127 e. The van der Waals surface area contributed by atoms with Crippen molar-refractivity contribution >= 4 is 10.9 Å². The van der Waals surface area contributed by atoms with E-state index in [9.17, 15) is 0 Å². The fourth-order valence-electron chi connectivity index (χ4n) is 2.19. The van der Waals surface area contributed by atoms with Crippen LogP contribution in [0.4, 0.5) is 0 Å². The third-order valence-corrected chi connectivity index (χ3v) is 2.98. The van der Waals surface area contributed by atoms with Crippen LogP contribution in [0.1, 0.15) is 0 Å². The number of aromatic nitrogens is 1. The number of nitrogens with one attached hydrogen (secondary N) is 1. The predicted octanol–water partition coefficient (Wildman–Crippen LogP) is 3.84. The van der Waals surface area contributed by atoms with Crippen LogP contribution in [0.2, 0.25) is 0 Å². The van der Waals surface area contributed by atoms with Gasteiger partial charge in [-0.2, -0.15) is 0 Å². The third kappa shape index (κ3) is 1.58. The Balaban J connectivity index is 2.36. The molecule has 2 nitrogen and oxygen atoms in total. The van der Waals surface area contributed by atoms with Crippen LogP contribution in [0.5, 0.6) is 5.75 Å². The molecule has 0 saturated carbocycles. The molecule has 1 aromatic heterocycles. The van der Waals surface area contributed by atoms with E-state index in [0.717, 1.165) is 16.8 Å². The number of hydrogen-bond donors (Lipinski definition) is 1. The topological polar surface area (TPSA) is 25.0 Å². The van der Waals surface area contributed by atoms with Gasteiger partial charge in [-0.3, -0.25) is 0 Å². The van der Waals surface area contributed by atoms with Crippen LogP contribution in [-0.4, -0.2) is 12.1 Å². The van der Waals surface area contributed by atoms with E-state index in [-0.39, 0.29) is 0 Å². The molecule has 0 spiro atoms. The van der Waals surface area contributed by atoms with Crippen LogP contribution in [0.15, 0.2) is 54.7 Å². The molecule has 0 aliphatic rings. The second-order valence-corrected chi connectivity index (χ2v) is 3.95. The predicted molar refractivity (Wildman–Crippen MR) is 70.3 cm³/mol. The van der Waals surface area contributed by atoms with E-state index in [4.69, 9.17) is 4.74 Å². The van der Waals surface area contributed by atoms with E-state index in [0.29, 0.717) is 0 Å². The zero-order valence-corrected chi connectivity index (χ0v) is 9.60. The lowest BCUT2D eigenvalue weighted by Gasteiger charge is -2.10. The second-order valence-electron chi connectivity index (χ2n) is 3.95. The summed E-state index contributed by atoms with van der Waals surface area (Å²) in [5.41, 5.74) is 3.45. The molecule has 0 fully saturated rings. The fourth-order valence-corrected chi connectivity index (χ4v) is 2.19. The van der Waals surface area contributed by atoms with Crippen LogP contribution in [0, 0.1) is 0 Å². The molecule has 0 bridgehead atoms. The summed E-state index contributed by atoms with van der Waals surface area (Å²) < 4.78 is 5.46. The van der Waals surface area contributed by atoms with Crippen LogP contribution < -0.4 is 4.74 Å². The molecule has 2 aromatic carbocycles. The van der Waals surface area contributed by atoms with Crippen LogP contribution >= 0.6 is 0 Å². The lowest BCUT2D eigenvalue weighted by Crippen LogP contribution is -1.88. The maximum absolute atomic E-state index is 5.46. The Morgan fingerprint density at radius 1 is 0.941 bits per heavy atom. The molecule has 0 amide bonds. The van der Waals surface area contributed by atoms with E-state index in [1.54, 1.807) is 7.11 Å². The quantitative estimate of drug-likeness (QED) is 0.701. The Bertz CT molecular complexity index is 640. The van der Waals surface area contributed by atoms with Crippen molar-refractivity contribution in [2.75, 3.05) is 7.11 Å². The van der Waals surface area contributed by atoms with Gasteiger partial charge in [-0.05, 0) is 23.8 Å². The number of ether oxygens (including phenoxy) is 1. The fraction of sp³-hybridized carbons (Fsp3) is 0.0667. The number of rotatable bonds is 2. The molecule has 17 heavy (non-hydrogen) atoms. The zero-order chi connectivity index (χ0) is 11.7. The van der Waals surface area contributed by atoms with Gasteiger partial charge in [0.1, 0.15) is 5.75 Å². The van der Waals surface area contributed by atoms with Crippen molar-refractivity contribution in [1.29, 1.82) is 0 Å². The zero-order valence-electron chi connectivity index (χ0n) is 9.60. The smallest absolute Gasteiger partial charge is 0.127 e.